The van der Waals surface area contributed by atoms with Crippen molar-refractivity contribution in [1.29, 1.82) is 0 Å². The highest BCUT2D eigenvalue weighted by Gasteiger charge is 2.23. The SMILES string of the molecule is CN1CCN(Cc2cc3c(=O)n(C)cc(-c4ccnc(OCC5CCOCC5)c4)c3s2)C(=O)C1. The number of carbonyl (C=O) groups is 1. The van der Waals surface area contributed by atoms with Crippen molar-refractivity contribution in [1.82, 2.24) is 19.4 Å². The Morgan fingerprint density at radius 3 is 2.79 bits per heavy atom. The lowest BCUT2D eigenvalue weighted by Gasteiger charge is -2.31. The molecule has 9 heteroatoms. The molecule has 0 bridgehead atoms. The first kappa shape index (κ1) is 23.0. The van der Waals surface area contributed by atoms with Gasteiger partial charge in [-0.1, -0.05) is 0 Å². The topological polar surface area (TPSA) is 76.9 Å². The zero-order valence-electron chi connectivity index (χ0n) is 19.7. The van der Waals surface area contributed by atoms with Gasteiger partial charge in [0.05, 0.1) is 25.1 Å². The molecule has 0 N–H and O–H groups in total. The molecule has 0 atom stereocenters. The molecule has 2 aliphatic rings. The van der Waals surface area contributed by atoms with E-state index in [-0.39, 0.29) is 11.5 Å². The molecule has 0 spiro atoms. The fourth-order valence-electron chi connectivity index (χ4n) is 4.54. The van der Waals surface area contributed by atoms with E-state index in [0.29, 0.717) is 43.4 Å². The molecule has 0 aliphatic carbocycles. The fraction of sp³-hybridized carbons (Fsp3) is 0.480. The maximum absolute atomic E-state index is 12.9. The molecule has 2 saturated heterocycles. The lowest BCUT2D eigenvalue weighted by atomic mass is 10.0. The van der Waals surface area contributed by atoms with E-state index in [0.717, 1.165) is 53.3 Å². The molecule has 5 heterocycles. The van der Waals surface area contributed by atoms with Crippen LogP contribution in [0.25, 0.3) is 21.2 Å². The number of ether oxygens (including phenoxy) is 2. The molecule has 8 nitrogen and oxygen atoms in total. The average molecular weight is 483 g/mol. The summed E-state index contributed by atoms with van der Waals surface area (Å²) in [6, 6.07) is 5.84. The Morgan fingerprint density at radius 2 is 2.00 bits per heavy atom. The normalized spacial score (nSPS) is 18.1. The fourth-order valence-corrected chi connectivity index (χ4v) is 5.74. The van der Waals surface area contributed by atoms with Gasteiger partial charge in [0.25, 0.3) is 5.56 Å². The molecular weight excluding hydrogens is 452 g/mol. The number of hydrogen-bond acceptors (Lipinski definition) is 7. The predicted octanol–water partition coefficient (Wildman–Crippen LogP) is 2.74. The van der Waals surface area contributed by atoms with Crippen molar-refractivity contribution in [3.8, 4) is 17.0 Å². The number of aryl methyl sites for hydroxylation is 1. The molecule has 0 aromatic carbocycles. The molecule has 0 saturated carbocycles. The van der Waals surface area contributed by atoms with E-state index in [4.69, 9.17) is 9.47 Å². The number of carbonyl (C=O) groups excluding carboxylic acids is 1. The number of rotatable bonds is 6. The molecule has 3 aromatic rings. The average Bonchev–Trinajstić information content (AvgIpc) is 3.27. The van der Waals surface area contributed by atoms with Crippen LogP contribution in [-0.4, -0.2) is 71.8 Å². The maximum Gasteiger partial charge on any atom is 0.259 e. The molecule has 5 rings (SSSR count). The van der Waals surface area contributed by atoms with Gasteiger partial charge in [-0.15, -0.1) is 11.3 Å². The van der Waals surface area contributed by atoms with Gasteiger partial charge in [-0.05, 0) is 43.5 Å². The largest absolute Gasteiger partial charge is 0.477 e. The van der Waals surface area contributed by atoms with E-state index in [2.05, 4.69) is 4.98 Å². The Morgan fingerprint density at radius 1 is 1.18 bits per heavy atom. The second-order valence-corrected chi connectivity index (χ2v) is 10.4. The lowest BCUT2D eigenvalue weighted by molar-refractivity contribution is -0.135. The number of aromatic nitrogens is 2. The third-order valence-electron chi connectivity index (χ3n) is 6.61. The molecule has 3 aromatic heterocycles. The van der Waals surface area contributed by atoms with Crippen LogP contribution in [0.4, 0.5) is 0 Å². The summed E-state index contributed by atoms with van der Waals surface area (Å²) in [6.07, 6.45) is 5.65. The van der Waals surface area contributed by atoms with E-state index in [9.17, 15) is 9.59 Å². The van der Waals surface area contributed by atoms with Crippen LogP contribution in [0.2, 0.25) is 0 Å². The van der Waals surface area contributed by atoms with Crippen molar-refractivity contribution in [3.63, 3.8) is 0 Å². The van der Waals surface area contributed by atoms with Gasteiger partial charge in [0.1, 0.15) is 0 Å². The number of piperazine rings is 1. The van der Waals surface area contributed by atoms with Gasteiger partial charge >= 0.3 is 0 Å². The molecule has 0 radical (unpaired) electrons. The third kappa shape index (κ3) is 4.87. The summed E-state index contributed by atoms with van der Waals surface area (Å²) in [5.74, 6) is 1.20. The van der Waals surface area contributed by atoms with Gasteiger partial charge in [-0.25, -0.2) is 4.98 Å². The van der Waals surface area contributed by atoms with Crippen LogP contribution in [0.1, 0.15) is 17.7 Å². The zero-order valence-corrected chi connectivity index (χ0v) is 20.5. The summed E-state index contributed by atoms with van der Waals surface area (Å²) in [7, 11) is 3.73. The molecule has 34 heavy (non-hydrogen) atoms. The highest BCUT2D eigenvalue weighted by Crippen LogP contribution is 2.34. The van der Waals surface area contributed by atoms with Crippen molar-refractivity contribution in [2.24, 2.45) is 13.0 Å². The number of hydrogen-bond donors (Lipinski definition) is 0. The van der Waals surface area contributed by atoms with Crippen molar-refractivity contribution in [3.05, 3.63) is 45.8 Å². The number of likely N-dealkylation sites (N-methyl/N-ethyl adjacent to an activating group) is 1. The van der Waals surface area contributed by atoms with E-state index < -0.39 is 0 Å². The van der Waals surface area contributed by atoms with Crippen LogP contribution < -0.4 is 10.3 Å². The predicted molar refractivity (Wildman–Crippen MR) is 132 cm³/mol. The number of fused-ring (bicyclic) bond motifs is 1. The Balaban J connectivity index is 1.42. The van der Waals surface area contributed by atoms with E-state index in [1.165, 1.54) is 0 Å². The first-order valence-corrected chi connectivity index (χ1v) is 12.5. The van der Waals surface area contributed by atoms with Crippen LogP contribution in [0.5, 0.6) is 5.88 Å². The number of thiophene rings is 1. The second kappa shape index (κ2) is 9.85. The minimum atomic E-state index is -0.0315. The van der Waals surface area contributed by atoms with E-state index >= 15 is 0 Å². The smallest absolute Gasteiger partial charge is 0.259 e. The monoisotopic (exact) mass is 482 g/mol. The van der Waals surface area contributed by atoms with Crippen molar-refractivity contribution < 1.29 is 14.3 Å². The molecular formula is C25H30N4O4S. The van der Waals surface area contributed by atoms with Crippen LogP contribution in [0.15, 0.2) is 35.4 Å². The molecule has 0 unspecified atom stereocenters. The van der Waals surface area contributed by atoms with Crippen LogP contribution >= 0.6 is 11.3 Å². The van der Waals surface area contributed by atoms with Gasteiger partial charge in [-0.3, -0.25) is 14.5 Å². The van der Waals surface area contributed by atoms with Gasteiger partial charge in [0.2, 0.25) is 11.8 Å². The maximum atomic E-state index is 12.9. The van der Waals surface area contributed by atoms with E-state index in [1.54, 1.807) is 29.1 Å². The molecule has 1 amide bonds. The first-order valence-electron chi connectivity index (χ1n) is 11.7. The van der Waals surface area contributed by atoms with Gasteiger partial charge < -0.3 is 18.9 Å². The standard InChI is InChI=1S/C25H30N4O4S/c1-27-7-8-29(23(30)15-27)13-19-12-20-24(34-19)21(14-28(2)25(20)31)18-3-6-26-22(11-18)33-16-17-4-9-32-10-5-17/h3,6,11-12,14,17H,4-5,7-10,13,15-16H2,1-2H3. The number of pyridine rings is 2. The number of nitrogens with zero attached hydrogens (tertiary/aromatic N) is 4. The minimum Gasteiger partial charge on any atom is -0.477 e. The van der Waals surface area contributed by atoms with Gasteiger partial charge in [-0.2, -0.15) is 0 Å². The summed E-state index contributed by atoms with van der Waals surface area (Å²) in [4.78, 5) is 34.7. The second-order valence-electron chi connectivity index (χ2n) is 9.22. The van der Waals surface area contributed by atoms with Crippen LogP contribution in [0, 0.1) is 5.92 Å². The van der Waals surface area contributed by atoms with Crippen LogP contribution in [-0.2, 0) is 23.1 Å². The summed E-state index contributed by atoms with van der Waals surface area (Å²) in [6.45, 7) is 4.74. The van der Waals surface area contributed by atoms with Crippen molar-refractivity contribution in [2.45, 2.75) is 19.4 Å². The molecule has 180 valence electrons. The van der Waals surface area contributed by atoms with Crippen molar-refractivity contribution >= 4 is 27.3 Å². The summed E-state index contributed by atoms with van der Waals surface area (Å²) in [5.41, 5.74) is 1.90. The zero-order chi connectivity index (χ0) is 23.7. The van der Waals surface area contributed by atoms with Crippen LogP contribution in [0.3, 0.4) is 0 Å². The Kier molecular flexibility index (Phi) is 6.67. The summed E-state index contributed by atoms with van der Waals surface area (Å²) < 4.78 is 14.0. The Labute approximate surface area is 202 Å². The Hall–Kier alpha value is -2.75. The number of amides is 1. The Bertz CT molecular complexity index is 1250. The summed E-state index contributed by atoms with van der Waals surface area (Å²) in [5, 5.41) is 0.683. The molecule has 2 fully saturated rings. The third-order valence-corrected chi connectivity index (χ3v) is 7.76. The quantitative estimate of drug-likeness (QED) is 0.538. The highest BCUT2D eigenvalue weighted by atomic mass is 32.1. The first-order chi connectivity index (χ1) is 16.5. The van der Waals surface area contributed by atoms with Gasteiger partial charge in [0, 0.05) is 67.0 Å². The van der Waals surface area contributed by atoms with E-state index in [1.807, 2.05) is 41.2 Å². The highest BCUT2D eigenvalue weighted by molar-refractivity contribution is 7.19. The minimum absolute atomic E-state index is 0.0315. The summed E-state index contributed by atoms with van der Waals surface area (Å²) >= 11 is 1.58. The van der Waals surface area contributed by atoms with Gasteiger partial charge in [0.15, 0.2) is 0 Å². The van der Waals surface area contributed by atoms with Crippen molar-refractivity contribution in [2.75, 3.05) is 46.5 Å². The molecule has 2 aliphatic heterocycles. The lowest BCUT2D eigenvalue weighted by Crippen LogP contribution is -2.48.